The van der Waals surface area contributed by atoms with Crippen LogP contribution in [0, 0.1) is 13.8 Å². The Kier molecular flexibility index (Phi) is 6.60. The van der Waals surface area contributed by atoms with Crippen LogP contribution < -0.4 is 4.74 Å². The number of likely N-dealkylation sites (tertiary alicyclic amines) is 1. The number of Topliss-reactive ketones (excluding diaryl/α,β-unsaturated/α-hetero) is 1. The lowest BCUT2D eigenvalue weighted by Crippen LogP contribution is -2.29. The minimum Gasteiger partial charge on any atom is -0.507 e. The van der Waals surface area contributed by atoms with E-state index in [1.54, 1.807) is 61.8 Å². The highest BCUT2D eigenvalue weighted by Gasteiger charge is 2.47. The third-order valence-corrected chi connectivity index (χ3v) is 6.26. The number of nitrogens with zero attached hydrogens (tertiary/aromatic N) is 2. The van der Waals surface area contributed by atoms with Gasteiger partial charge < -0.3 is 19.2 Å². The zero-order valence-corrected chi connectivity index (χ0v) is 20.5. The molecule has 1 amide bonds. The molecular weight excluding hydrogens is 468 g/mol. The number of aryl methyl sites for hydroxylation is 2. The number of rotatable bonds is 7. The summed E-state index contributed by atoms with van der Waals surface area (Å²) in [5, 5.41) is 11.2. The Labute approximate surface area is 214 Å². The fourth-order valence-corrected chi connectivity index (χ4v) is 4.46. The maximum absolute atomic E-state index is 13.2. The molecule has 1 saturated heterocycles. The molecular formula is C30H26N2O5. The first-order valence-electron chi connectivity index (χ1n) is 11.9. The van der Waals surface area contributed by atoms with Gasteiger partial charge in [0.25, 0.3) is 11.7 Å². The smallest absolute Gasteiger partial charge is 0.296 e. The topological polar surface area (TPSA) is 92.9 Å². The Balaban J connectivity index is 1.45. The van der Waals surface area contributed by atoms with Crippen molar-refractivity contribution < 1.29 is 23.8 Å². The van der Waals surface area contributed by atoms with Gasteiger partial charge in [-0.05, 0) is 67.4 Å². The molecule has 0 aliphatic carbocycles. The van der Waals surface area contributed by atoms with Crippen LogP contribution in [0.15, 0.2) is 95.2 Å². The molecule has 0 radical (unpaired) electrons. The fraction of sp³-hybridized carbons (Fsp3) is 0.167. The van der Waals surface area contributed by atoms with Gasteiger partial charge in [-0.2, -0.15) is 0 Å². The van der Waals surface area contributed by atoms with Crippen LogP contribution in [0.4, 0.5) is 0 Å². The van der Waals surface area contributed by atoms with Crippen molar-refractivity contribution in [3.05, 3.63) is 125 Å². The van der Waals surface area contributed by atoms with E-state index in [0.717, 1.165) is 16.7 Å². The number of aliphatic hydroxyl groups excluding tert-OH is 1. The monoisotopic (exact) mass is 494 g/mol. The Hall–Kier alpha value is -4.65. The molecule has 186 valence electrons. The molecule has 1 atom stereocenters. The SMILES string of the molecule is Cc1cccc(COc2ccc(/C(O)=C3\C(=O)C(=O)N(Cc4cccnc4)C3c3ccc(C)o3)cc2)c1. The lowest BCUT2D eigenvalue weighted by molar-refractivity contribution is -0.140. The summed E-state index contributed by atoms with van der Waals surface area (Å²) in [6.07, 6.45) is 3.28. The molecule has 1 aliphatic heterocycles. The van der Waals surface area contributed by atoms with Crippen LogP contribution in [0.5, 0.6) is 5.75 Å². The predicted molar refractivity (Wildman–Crippen MR) is 137 cm³/mol. The Bertz CT molecular complexity index is 1470. The number of ether oxygens (including phenoxy) is 1. The minimum absolute atomic E-state index is 0.0170. The zero-order chi connectivity index (χ0) is 25.9. The molecule has 7 nitrogen and oxygen atoms in total. The van der Waals surface area contributed by atoms with E-state index in [4.69, 9.17) is 9.15 Å². The summed E-state index contributed by atoms with van der Waals surface area (Å²) in [6, 6.07) is 21.0. The van der Waals surface area contributed by atoms with Gasteiger partial charge in [-0.3, -0.25) is 14.6 Å². The molecule has 5 rings (SSSR count). The highest BCUT2D eigenvalue weighted by Crippen LogP contribution is 2.41. The number of aliphatic hydroxyl groups is 1. The third-order valence-electron chi connectivity index (χ3n) is 6.26. The number of ketones is 1. The van der Waals surface area contributed by atoms with Gasteiger partial charge >= 0.3 is 0 Å². The molecule has 1 unspecified atom stereocenters. The fourth-order valence-electron chi connectivity index (χ4n) is 4.46. The summed E-state index contributed by atoms with van der Waals surface area (Å²) in [5.41, 5.74) is 3.34. The van der Waals surface area contributed by atoms with Crippen molar-refractivity contribution in [1.82, 2.24) is 9.88 Å². The third kappa shape index (κ3) is 5.02. The summed E-state index contributed by atoms with van der Waals surface area (Å²) in [6.45, 7) is 4.36. The van der Waals surface area contributed by atoms with Gasteiger partial charge in [0.15, 0.2) is 0 Å². The van der Waals surface area contributed by atoms with E-state index in [2.05, 4.69) is 11.1 Å². The molecule has 37 heavy (non-hydrogen) atoms. The van der Waals surface area contributed by atoms with Crippen molar-refractivity contribution >= 4 is 17.4 Å². The number of furan rings is 1. The highest BCUT2D eigenvalue weighted by molar-refractivity contribution is 6.46. The Morgan fingerprint density at radius 3 is 2.46 bits per heavy atom. The van der Waals surface area contributed by atoms with E-state index in [9.17, 15) is 14.7 Å². The number of carbonyl (C=O) groups is 2. The lowest BCUT2D eigenvalue weighted by atomic mass is 9.99. The first-order chi connectivity index (χ1) is 17.9. The zero-order valence-electron chi connectivity index (χ0n) is 20.5. The summed E-state index contributed by atoms with van der Waals surface area (Å²) in [7, 11) is 0. The van der Waals surface area contributed by atoms with Crippen LogP contribution in [0.3, 0.4) is 0 Å². The summed E-state index contributed by atoms with van der Waals surface area (Å²) >= 11 is 0. The summed E-state index contributed by atoms with van der Waals surface area (Å²) < 4.78 is 11.7. The van der Waals surface area contributed by atoms with Gasteiger partial charge in [0, 0.05) is 24.5 Å². The first kappa shape index (κ1) is 24.1. The van der Waals surface area contributed by atoms with Gasteiger partial charge in [-0.25, -0.2) is 0 Å². The van der Waals surface area contributed by atoms with E-state index in [1.165, 1.54) is 4.90 Å². The molecule has 2 aromatic heterocycles. The van der Waals surface area contributed by atoms with Gasteiger partial charge in [-0.15, -0.1) is 0 Å². The molecule has 2 aromatic carbocycles. The van der Waals surface area contributed by atoms with Crippen LogP contribution in [0.2, 0.25) is 0 Å². The number of aromatic nitrogens is 1. The molecule has 7 heteroatoms. The van der Waals surface area contributed by atoms with Gasteiger partial charge in [-0.1, -0.05) is 35.9 Å². The van der Waals surface area contributed by atoms with E-state index in [0.29, 0.717) is 29.4 Å². The maximum atomic E-state index is 13.2. The van der Waals surface area contributed by atoms with Crippen LogP contribution in [0.1, 0.15) is 39.8 Å². The summed E-state index contributed by atoms with van der Waals surface area (Å²) in [5.74, 6) is -0.0790. The Morgan fingerprint density at radius 1 is 1.00 bits per heavy atom. The Morgan fingerprint density at radius 2 is 1.78 bits per heavy atom. The van der Waals surface area contributed by atoms with Crippen molar-refractivity contribution in [3.8, 4) is 5.75 Å². The molecule has 1 aliphatic rings. The number of benzene rings is 2. The van der Waals surface area contributed by atoms with Crippen molar-refractivity contribution in [1.29, 1.82) is 0 Å². The van der Waals surface area contributed by atoms with E-state index < -0.39 is 17.7 Å². The van der Waals surface area contributed by atoms with Crippen LogP contribution in [0.25, 0.3) is 5.76 Å². The number of amides is 1. The van der Waals surface area contributed by atoms with Gasteiger partial charge in [0.05, 0.1) is 5.57 Å². The van der Waals surface area contributed by atoms with Crippen molar-refractivity contribution in [2.24, 2.45) is 0 Å². The normalized spacial score (nSPS) is 16.8. The quantitative estimate of drug-likeness (QED) is 0.207. The lowest BCUT2D eigenvalue weighted by Gasteiger charge is -2.23. The van der Waals surface area contributed by atoms with Crippen LogP contribution in [-0.2, 0) is 22.7 Å². The van der Waals surface area contributed by atoms with Gasteiger partial charge in [0.2, 0.25) is 0 Å². The number of pyridine rings is 1. The number of hydrogen-bond donors (Lipinski definition) is 1. The van der Waals surface area contributed by atoms with E-state index >= 15 is 0 Å². The predicted octanol–water partition coefficient (Wildman–Crippen LogP) is 5.49. The van der Waals surface area contributed by atoms with Crippen LogP contribution >= 0.6 is 0 Å². The number of hydrogen-bond acceptors (Lipinski definition) is 6. The largest absolute Gasteiger partial charge is 0.507 e. The molecule has 0 saturated carbocycles. The molecule has 4 aromatic rings. The minimum atomic E-state index is -0.869. The average molecular weight is 495 g/mol. The number of carbonyl (C=O) groups excluding carboxylic acids is 2. The molecule has 1 fully saturated rings. The maximum Gasteiger partial charge on any atom is 0.296 e. The highest BCUT2D eigenvalue weighted by atomic mass is 16.5. The molecule has 0 spiro atoms. The van der Waals surface area contributed by atoms with Crippen molar-refractivity contribution in [2.45, 2.75) is 33.0 Å². The van der Waals surface area contributed by atoms with Gasteiger partial charge in [0.1, 0.15) is 35.7 Å². The standard InChI is InChI=1S/C30H26N2O5/c1-19-5-3-6-21(15-19)18-36-24-11-9-23(10-12-24)28(33)26-27(25-13-8-20(2)37-25)32(30(35)29(26)34)17-22-7-4-14-31-16-22/h3-16,27,33H,17-18H2,1-2H3/b28-26+. The van der Waals surface area contributed by atoms with E-state index in [1.807, 2.05) is 31.2 Å². The average Bonchev–Trinajstić information content (AvgIpc) is 3.44. The molecule has 3 heterocycles. The second-order valence-corrected chi connectivity index (χ2v) is 9.04. The second-order valence-electron chi connectivity index (χ2n) is 9.04. The first-order valence-corrected chi connectivity index (χ1v) is 11.9. The van der Waals surface area contributed by atoms with E-state index in [-0.39, 0.29) is 17.9 Å². The summed E-state index contributed by atoms with van der Waals surface area (Å²) in [4.78, 5) is 31.8. The van der Waals surface area contributed by atoms with Crippen molar-refractivity contribution in [2.75, 3.05) is 0 Å². The second kappa shape index (κ2) is 10.1. The molecule has 1 N–H and O–H groups in total. The molecule has 0 bridgehead atoms. The van der Waals surface area contributed by atoms with Crippen molar-refractivity contribution in [3.63, 3.8) is 0 Å². The van der Waals surface area contributed by atoms with Crippen LogP contribution in [-0.4, -0.2) is 26.7 Å².